The molecule has 0 aromatic carbocycles. The van der Waals surface area contributed by atoms with Crippen molar-refractivity contribution < 1.29 is 9.90 Å². The van der Waals surface area contributed by atoms with Gasteiger partial charge in [-0.15, -0.1) is 0 Å². The molecule has 0 bridgehead atoms. The van der Waals surface area contributed by atoms with E-state index in [1.54, 1.807) is 0 Å². The van der Waals surface area contributed by atoms with Crippen molar-refractivity contribution >= 4 is 5.91 Å². The molecule has 2 atom stereocenters. The largest absolute Gasteiger partial charge is 0.396 e. The van der Waals surface area contributed by atoms with Gasteiger partial charge in [-0.25, -0.2) is 0 Å². The quantitative estimate of drug-likeness (QED) is 0.682. The smallest absolute Gasteiger partial charge is 0.222 e. The fraction of sp³-hybridized carbons (Fsp3) is 0.938. The Morgan fingerprint density at radius 3 is 2.80 bits per heavy atom. The van der Waals surface area contributed by atoms with Crippen LogP contribution in [0.25, 0.3) is 0 Å². The summed E-state index contributed by atoms with van der Waals surface area (Å²) in [6, 6.07) is 0.264. The Balaban J connectivity index is 2.42. The van der Waals surface area contributed by atoms with Crippen LogP contribution in [0.4, 0.5) is 0 Å². The number of carbonyl (C=O) groups excluding carboxylic acids is 1. The Morgan fingerprint density at radius 2 is 2.15 bits per heavy atom. The van der Waals surface area contributed by atoms with Crippen LogP contribution in [0.15, 0.2) is 0 Å². The van der Waals surface area contributed by atoms with E-state index in [0.717, 1.165) is 51.6 Å². The highest BCUT2D eigenvalue weighted by Crippen LogP contribution is 2.23. The lowest BCUT2D eigenvalue weighted by molar-refractivity contribution is -0.135. The van der Waals surface area contributed by atoms with Crippen LogP contribution in [0.3, 0.4) is 0 Å². The number of amides is 1. The first kappa shape index (κ1) is 17.4. The number of carbonyl (C=O) groups is 1. The molecule has 1 rings (SSSR count). The Labute approximate surface area is 123 Å². The van der Waals surface area contributed by atoms with E-state index >= 15 is 0 Å². The lowest BCUT2D eigenvalue weighted by atomic mass is 9.93. The van der Waals surface area contributed by atoms with Gasteiger partial charge in [0, 0.05) is 25.6 Å². The molecule has 1 aliphatic rings. The lowest BCUT2D eigenvalue weighted by Gasteiger charge is -2.36. The summed E-state index contributed by atoms with van der Waals surface area (Å²) in [5, 5.41) is 9.12. The van der Waals surface area contributed by atoms with Crippen LogP contribution in [-0.2, 0) is 4.79 Å². The second kappa shape index (κ2) is 10.2. The fourth-order valence-corrected chi connectivity index (χ4v) is 3.33. The lowest BCUT2D eigenvalue weighted by Crippen LogP contribution is -2.44. The number of hydrogen-bond acceptors (Lipinski definition) is 3. The minimum absolute atomic E-state index is 0.181. The van der Waals surface area contributed by atoms with Crippen LogP contribution < -0.4 is 5.73 Å². The standard InChI is InChI=1S/C16H32N2O2/c1-2-5-14(9-11-17)7-8-16(20)18-12-4-3-6-15(18)10-13-19/h14-15,19H,2-13,17H2,1H3. The van der Waals surface area contributed by atoms with Crippen LogP contribution in [0.2, 0.25) is 0 Å². The zero-order valence-corrected chi connectivity index (χ0v) is 13.0. The van der Waals surface area contributed by atoms with Gasteiger partial charge in [0.05, 0.1) is 0 Å². The predicted octanol–water partition coefficient (Wildman–Crippen LogP) is 2.30. The number of rotatable bonds is 9. The summed E-state index contributed by atoms with van der Waals surface area (Å²) in [4.78, 5) is 14.4. The van der Waals surface area contributed by atoms with Crippen molar-refractivity contribution in [1.29, 1.82) is 0 Å². The Morgan fingerprint density at radius 1 is 1.35 bits per heavy atom. The van der Waals surface area contributed by atoms with Gasteiger partial charge >= 0.3 is 0 Å². The van der Waals surface area contributed by atoms with Crippen LogP contribution >= 0.6 is 0 Å². The van der Waals surface area contributed by atoms with Crippen LogP contribution in [0.5, 0.6) is 0 Å². The van der Waals surface area contributed by atoms with Crippen LogP contribution in [-0.4, -0.2) is 41.7 Å². The highest BCUT2D eigenvalue weighted by Gasteiger charge is 2.26. The number of piperidine rings is 1. The number of likely N-dealkylation sites (tertiary alicyclic amines) is 1. The Hall–Kier alpha value is -0.610. The molecule has 3 N–H and O–H groups in total. The molecule has 1 heterocycles. The summed E-state index contributed by atoms with van der Waals surface area (Å²) >= 11 is 0. The maximum atomic E-state index is 12.4. The zero-order chi connectivity index (χ0) is 14.8. The fourth-order valence-electron chi connectivity index (χ4n) is 3.33. The third-order valence-electron chi connectivity index (χ3n) is 4.45. The van der Waals surface area contributed by atoms with Crippen molar-refractivity contribution in [3.05, 3.63) is 0 Å². The van der Waals surface area contributed by atoms with Crippen molar-refractivity contribution in [1.82, 2.24) is 4.90 Å². The number of aliphatic hydroxyl groups excluding tert-OH is 1. The normalized spacial score (nSPS) is 20.9. The van der Waals surface area contributed by atoms with Gasteiger partial charge in [0.25, 0.3) is 0 Å². The minimum Gasteiger partial charge on any atom is -0.396 e. The minimum atomic E-state index is 0.181. The van der Waals surface area contributed by atoms with Crippen LogP contribution in [0.1, 0.15) is 64.7 Å². The molecule has 0 spiro atoms. The summed E-state index contributed by atoms with van der Waals surface area (Å²) < 4.78 is 0. The summed E-state index contributed by atoms with van der Waals surface area (Å²) in [5.41, 5.74) is 5.65. The molecule has 1 amide bonds. The van der Waals surface area contributed by atoms with E-state index in [-0.39, 0.29) is 18.6 Å². The zero-order valence-electron chi connectivity index (χ0n) is 13.0. The molecule has 0 aromatic heterocycles. The third kappa shape index (κ3) is 5.80. The number of hydrogen-bond donors (Lipinski definition) is 2. The molecule has 1 aliphatic heterocycles. The highest BCUT2D eigenvalue weighted by molar-refractivity contribution is 5.76. The van der Waals surface area contributed by atoms with E-state index in [4.69, 9.17) is 10.8 Å². The summed E-state index contributed by atoms with van der Waals surface area (Å²) in [6.07, 6.45) is 9.04. The van der Waals surface area contributed by atoms with E-state index in [1.807, 2.05) is 4.90 Å². The molecule has 2 unspecified atom stereocenters. The van der Waals surface area contributed by atoms with Gasteiger partial charge in [-0.05, 0) is 51.0 Å². The van der Waals surface area contributed by atoms with Crippen molar-refractivity contribution in [2.24, 2.45) is 11.7 Å². The maximum absolute atomic E-state index is 12.4. The molecule has 118 valence electrons. The molecule has 0 saturated carbocycles. The first-order chi connectivity index (χ1) is 9.72. The molecule has 0 aliphatic carbocycles. The summed E-state index contributed by atoms with van der Waals surface area (Å²) in [7, 11) is 0. The summed E-state index contributed by atoms with van der Waals surface area (Å²) in [5.74, 6) is 0.872. The monoisotopic (exact) mass is 284 g/mol. The molecule has 4 heteroatoms. The number of nitrogens with two attached hydrogens (primary N) is 1. The molecular weight excluding hydrogens is 252 g/mol. The topological polar surface area (TPSA) is 66.6 Å². The molecule has 1 saturated heterocycles. The number of aliphatic hydroxyl groups is 1. The molecule has 20 heavy (non-hydrogen) atoms. The van der Waals surface area contributed by atoms with Gasteiger partial charge in [0.1, 0.15) is 0 Å². The first-order valence-electron chi connectivity index (χ1n) is 8.33. The van der Waals surface area contributed by atoms with Gasteiger partial charge in [-0.2, -0.15) is 0 Å². The predicted molar refractivity (Wildman–Crippen MR) is 82.4 cm³/mol. The van der Waals surface area contributed by atoms with Gasteiger partial charge in [0.2, 0.25) is 5.91 Å². The van der Waals surface area contributed by atoms with Crippen molar-refractivity contribution in [2.75, 3.05) is 19.7 Å². The van der Waals surface area contributed by atoms with Gasteiger partial charge < -0.3 is 15.7 Å². The Bertz CT molecular complexity index is 263. The van der Waals surface area contributed by atoms with Gasteiger partial charge in [-0.1, -0.05) is 19.8 Å². The summed E-state index contributed by atoms with van der Waals surface area (Å²) in [6.45, 7) is 3.96. The third-order valence-corrected chi connectivity index (χ3v) is 4.45. The maximum Gasteiger partial charge on any atom is 0.222 e. The SMILES string of the molecule is CCCC(CCN)CCC(=O)N1CCCCC1CCO. The first-order valence-corrected chi connectivity index (χ1v) is 8.33. The van der Waals surface area contributed by atoms with E-state index in [0.29, 0.717) is 12.3 Å². The van der Waals surface area contributed by atoms with E-state index in [1.165, 1.54) is 12.8 Å². The van der Waals surface area contributed by atoms with Gasteiger partial charge in [0.15, 0.2) is 0 Å². The average Bonchev–Trinajstić information content (AvgIpc) is 2.46. The highest BCUT2D eigenvalue weighted by atomic mass is 16.3. The number of nitrogens with zero attached hydrogens (tertiary/aromatic N) is 1. The Kier molecular flexibility index (Phi) is 8.86. The second-order valence-corrected chi connectivity index (χ2v) is 6.02. The van der Waals surface area contributed by atoms with Gasteiger partial charge in [-0.3, -0.25) is 4.79 Å². The molecular formula is C16H32N2O2. The van der Waals surface area contributed by atoms with E-state index in [9.17, 15) is 4.79 Å². The van der Waals surface area contributed by atoms with Crippen molar-refractivity contribution in [2.45, 2.75) is 70.8 Å². The van der Waals surface area contributed by atoms with E-state index < -0.39 is 0 Å². The average molecular weight is 284 g/mol. The van der Waals surface area contributed by atoms with Crippen LogP contribution in [0, 0.1) is 5.92 Å². The second-order valence-electron chi connectivity index (χ2n) is 6.02. The van der Waals surface area contributed by atoms with E-state index in [2.05, 4.69) is 6.92 Å². The molecule has 1 fully saturated rings. The molecule has 0 aromatic rings. The van der Waals surface area contributed by atoms with Crippen molar-refractivity contribution in [3.8, 4) is 0 Å². The van der Waals surface area contributed by atoms with Crippen molar-refractivity contribution in [3.63, 3.8) is 0 Å². The molecule has 0 radical (unpaired) electrons. The molecule has 4 nitrogen and oxygen atoms in total.